The van der Waals surface area contributed by atoms with Crippen LogP contribution in [0.2, 0.25) is 0 Å². The molecule has 1 aliphatic rings. The van der Waals surface area contributed by atoms with E-state index >= 15 is 0 Å². The maximum Gasteiger partial charge on any atom is 0.416 e. The Balaban J connectivity index is 1.54. The summed E-state index contributed by atoms with van der Waals surface area (Å²) in [7, 11) is 0. The second kappa shape index (κ2) is 9.49. The fourth-order valence-electron chi connectivity index (χ4n) is 3.82. The van der Waals surface area contributed by atoms with Gasteiger partial charge >= 0.3 is 6.18 Å². The average molecular weight is 480 g/mol. The van der Waals surface area contributed by atoms with Gasteiger partial charge in [-0.05, 0) is 41.8 Å². The molecule has 2 aromatic carbocycles. The molecule has 0 aliphatic carbocycles. The molecule has 1 aromatic heterocycles. The number of fused-ring (bicyclic) bond motifs is 1. The minimum atomic E-state index is -4.48. The number of amides is 2. The molecule has 0 fully saturated rings. The molecule has 7 nitrogen and oxygen atoms in total. The van der Waals surface area contributed by atoms with Gasteiger partial charge in [0.15, 0.2) is 5.78 Å². The van der Waals surface area contributed by atoms with E-state index in [0.717, 1.165) is 29.3 Å². The van der Waals surface area contributed by atoms with Crippen molar-refractivity contribution in [2.24, 2.45) is 0 Å². The number of alkyl halides is 3. The number of carbonyl (C=O) groups excluding carboxylic acids is 3. The fourth-order valence-corrected chi connectivity index (χ4v) is 3.82. The lowest BCUT2D eigenvalue weighted by Gasteiger charge is -2.30. The number of anilines is 1. The summed E-state index contributed by atoms with van der Waals surface area (Å²) >= 11 is 0. The Hall–Kier alpha value is -4.34. The van der Waals surface area contributed by atoms with Crippen LogP contribution in [0.3, 0.4) is 0 Å². The van der Waals surface area contributed by atoms with E-state index in [1.54, 1.807) is 23.1 Å². The summed E-state index contributed by atoms with van der Waals surface area (Å²) < 4.78 is 38.5. The SMILES string of the molecule is C=CC(=O)Nc1nccc(C(=O)N2CCc3c(cccc3C(=O)c3ccc(C(F)(F)F)cc3)C2)n1. The number of aromatic nitrogens is 2. The summed E-state index contributed by atoms with van der Waals surface area (Å²) in [5, 5.41) is 2.40. The topological polar surface area (TPSA) is 92.3 Å². The molecule has 178 valence electrons. The van der Waals surface area contributed by atoms with Crippen molar-refractivity contribution in [1.82, 2.24) is 14.9 Å². The quantitative estimate of drug-likeness (QED) is 0.440. The Kier molecular flexibility index (Phi) is 6.46. The third-order valence-electron chi connectivity index (χ3n) is 5.57. The van der Waals surface area contributed by atoms with Crippen LogP contribution in [0.25, 0.3) is 0 Å². The van der Waals surface area contributed by atoms with Crippen LogP contribution in [0.4, 0.5) is 19.1 Å². The molecule has 1 aliphatic heterocycles. The molecule has 0 unspecified atom stereocenters. The van der Waals surface area contributed by atoms with Crippen molar-refractivity contribution in [3.05, 3.63) is 101 Å². The van der Waals surface area contributed by atoms with Crippen LogP contribution in [-0.2, 0) is 23.9 Å². The monoisotopic (exact) mass is 480 g/mol. The molecule has 0 spiro atoms. The van der Waals surface area contributed by atoms with Crippen LogP contribution < -0.4 is 5.32 Å². The highest BCUT2D eigenvalue weighted by Gasteiger charge is 2.31. The first-order valence-corrected chi connectivity index (χ1v) is 10.6. The highest BCUT2D eigenvalue weighted by atomic mass is 19.4. The summed E-state index contributed by atoms with van der Waals surface area (Å²) in [6, 6.07) is 10.7. The van der Waals surface area contributed by atoms with Crippen LogP contribution in [-0.4, -0.2) is 39.0 Å². The van der Waals surface area contributed by atoms with Crippen LogP contribution >= 0.6 is 0 Å². The Morgan fingerprint density at radius 1 is 1.06 bits per heavy atom. The van der Waals surface area contributed by atoms with Gasteiger partial charge in [0.25, 0.3) is 5.91 Å². The average Bonchev–Trinajstić information content (AvgIpc) is 2.86. The van der Waals surface area contributed by atoms with Crippen LogP contribution in [0.1, 0.15) is 43.1 Å². The van der Waals surface area contributed by atoms with Crippen molar-refractivity contribution in [3.8, 4) is 0 Å². The molecule has 2 amide bonds. The van der Waals surface area contributed by atoms with Gasteiger partial charge in [0.05, 0.1) is 5.56 Å². The fraction of sp³-hybridized carbons (Fsp3) is 0.160. The number of hydrogen-bond acceptors (Lipinski definition) is 5. The second-order valence-electron chi connectivity index (χ2n) is 7.78. The van der Waals surface area contributed by atoms with E-state index in [1.807, 2.05) is 0 Å². The Morgan fingerprint density at radius 3 is 2.49 bits per heavy atom. The number of carbonyl (C=O) groups is 3. The van der Waals surface area contributed by atoms with Gasteiger partial charge in [-0.3, -0.25) is 19.7 Å². The zero-order valence-corrected chi connectivity index (χ0v) is 18.3. The molecular formula is C25H19F3N4O3. The van der Waals surface area contributed by atoms with E-state index in [9.17, 15) is 27.6 Å². The Bertz CT molecular complexity index is 1320. The minimum absolute atomic E-state index is 0.0254. The van der Waals surface area contributed by atoms with Gasteiger partial charge in [-0.25, -0.2) is 9.97 Å². The number of hydrogen-bond donors (Lipinski definition) is 1. The smallest absolute Gasteiger partial charge is 0.333 e. The van der Waals surface area contributed by atoms with Crippen molar-refractivity contribution in [3.63, 3.8) is 0 Å². The predicted molar refractivity (Wildman–Crippen MR) is 121 cm³/mol. The molecule has 1 N–H and O–H groups in total. The van der Waals surface area contributed by atoms with E-state index in [4.69, 9.17) is 0 Å². The Labute approximate surface area is 198 Å². The second-order valence-corrected chi connectivity index (χ2v) is 7.78. The number of nitrogens with one attached hydrogen (secondary N) is 1. The summed E-state index contributed by atoms with van der Waals surface area (Å²) in [6.07, 6.45) is -1.68. The first kappa shape index (κ1) is 23.8. The van der Waals surface area contributed by atoms with Gasteiger partial charge in [0.1, 0.15) is 5.69 Å². The van der Waals surface area contributed by atoms with Crippen molar-refractivity contribution in [2.45, 2.75) is 19.1 Å². The maximum atomic E-state index is 13.0. The van der Waals surface area contributed by atoms with Crippen molar-refractivity contribution in [2.75, 3.05) is 11.9 Å². The zero-order chi connectivity index (χ0) is 25.2. The number of halogens is 3. The first-order chi connectivity index (χ1) is 16.7. The predicted octanol–water partition coefficient (Wildman–Crippen LogP) is 4.05. The lowest BCUT2D eigenvalue weighted by Crippen LogP contribution is -2.37. The van der Waals surface area contributed by atoms with E-state index < -0.39 is 17.6 Å². The maximum absolute atomic E-state index is 13.0. The number of rotatable bonds is 5. The van der Waals surface area contributed by atoms with Gasteiger partial charge in [-0.2, -0.15) is 13.2 Å². The molecular weight excluding hydrogens is 461 g/mol. The zero-order valence-electron chi connectivity index (χ0n) is 18.3. The van der Waals surface area contributed by atoms with E-state index in [0.29, 0.717) is 18.5 Å². The van der Waals surface area contributed by atoms with Crippen molar-refractivity contribution in [1.29, 1.82) is 0 Å². The standard InChI is InChI=1S/C25H19F3N4O3/c1-2-21(33)31-24-29-12-10-20(30-24)23(35)32-13-11-18-16(14-32)4-3-5-19(18)22(34)15-6-8-17(9-7-15)25(26,27)28/h2-10,12H,1,11,13-14H2,(H,29,30,31,33). The number of ketones is 1. The lowest BCUT2D eigenvalue weighted by molar-refractivity contribution is -0.137. The molecule has 0 saturated heterocycles. The van der Waals surface area contributed by atoms with Crippen molar-refractivity contribution >= 4 is 23.5 Å². The van der Waals surface area contributed by atoms with E-state index in [-0.39, 0.29) is 35.4 Å². The third kappa shape index (κ3) is 5.11. The normalized spacial score (nSPS) is 13.1. The molecule has 4 rings (SSSR count). The minimum Gasteiger partial charge on any atom is -0.333 e. The number of benzene rings is 2. The van der Waals surface area contributed by atoms with Crippen molar-refractivity contribution < 1.29 is 27.6 Å². The highest BCUT2D eigenvalue weighted by molar-refractivity contribution is 6.10. The molecule has 2 heterocycles. The van der Waals surface area contributed by atoms with Gasteiger partial charge in [-0.1, -0.05) is 36.9 Å². The first-order valence-electron chi connectivity index (χ1n) is 10.6. The summed E-state index contributed by atoms with van der Waals surface area (Å²) in [6.45, 7) is 3.88. The molecule has 0 radical (unpaired) electrons. The molecule has 0 saturated carbocycles. The van der Waals surface area contributed by atoms with Gasteiger partial charge in [-0.15, -0.1) is 0 Å². The van der Waals surface area contributed by atoms with E-state index in [1.165, 1.54) is 24.4 Å². The number of nitrogens with zero attached hydrogens (tertiary/aromatic N) is 3. The molecule has 10 heteroatoms. The molecule has 35 heavy (non-hydrogen) atoms. The lowest BCUT2D eigenvalue weighted by atomic mass is 9.90. The third-order valence-corrected chi connectivity index (χ3v) is 5.57. The van der Waals surface area contributed by atoms with Crippen LogP contribution in [0, 0.1) is 0 Å². The summed E-state index contributed by atoms with van der Waals surface area (Å²) in [5.74, 6) is -1.28. The molecule has 3 aromatic rings. The van der Waals surface area contributed by atoms with Gasteiger partial charge in [0.2, 0.25) is 11.9 Å². The van der Waals surface area contributed by atoms with E-state index in [2.05, 4.69) is 21.9 Å². The van der Waals surface area contributed by atoms with Gasteiger partial charge < -0.3 is 4.90 Å². The van der Waals surface area contributed by atoms with Crippen LogP contribution in [0.15, 0.2) is 67.4 Å². The van der Waals surface area contributed by atoms with Crippen LogP contribution in [0.5, 0.6) is 0 Å². The summed E-state index contributed by atoms with van der Waals surface area (Å²) in [5.41, 5.74) is 1.33. The largest absolute Gasteiger partial charge is 0.416 e. The summed E-state index contributed by atoms with van der Waals surface area (Å²) in [4.78, 5) is 47.1. The van der Waals surface area contributed by atoms with Gasteiger partial charge in [0, 0.05) is 30.4 Å². The molecule has 0 atom stereocenters. The Morgan fingerprint density at radius 2 is 1.80 bits per heavy atom. The molecule has 0 bridgehead atoms. The highest BCUT2D eigenvalue weighted by Crippen LogP contribution is 2.30.